The van der Waals surface area contributed by atoms with Crippen LogP contribution in [0, 0.1) is 5.92 Å². The molecule has 1 unspecified atom stereocenters. The van der Waals surface area contributed by atoms with Crippen LogP contribution in [0.5, 0.6) is 57.5 Å². The smallest absolute Gasteiger partial charge is 0.135 e. The van der Waals surface area contributed by atoms with Crippen LogP contribution in [0.15, 0.2) is 103 Å². The third-order valence-corrected chi connectivity index (χ3v) is 8.67. The largest absolute Gasteiger partial charge is 0.508 e. The van der Waals surface area contributed by atoms with Gasteiger partial charge in [0.1, 0.15) is 57.5 Å². The summed E-state index contributed by atoms with van der Waals surface area (Å²) in [6.45, 7) is 4.11. The second-order valence-corrected chi connectivity index (χ2v) is 12.5. The highest BCUT2D eigenvalue weighted by Crippen LogP contribution is 2.49. The standard InChI is InChI=1S/C40H36O9/c1-21(2)16-33(26-10-6-22(41)17-34(26)45)28-11-7-25(44)20-38(28)49-37-5-3-4-29-27(37)14-15-32(40(29)48)39(30-12-8-23(42)18-35(30)46)31-13-9-24(43)19-36(31)47/h3-15,17-21,33,39,41-48H,16H2,1-2H3. The van der Waals surface area contributed by atoms with Crippen molar-refractivity contribution in [3.8, 4) is 57.5 Å². The molecule has 250 valence electrons. The average molecular weight is 661 g/mol. The molecule has 49 heavy (non-hydrogen) atoms. The van der Waals surface area contributed by atoms with Gasteiger partial charge in [0, 0.05) is 74.7 Å². The lowest BCUT2D eigenvalue weighted by atomic mass is 9.82. The summed E-state index contributed by atoms with van der Waals surface area (Å²) in [6.07, 6.45) is 0.620. The molecule has 0 fully saturated rings. The van der Waals surface area contributed by atoms with Crippen LogP contribution in [0.4, 0.5) is 0 Å². The van der Waals surface area contributed by atoms with Crippen LogP contribution in [-0.2, 0) is 0 Å². The highest BCUT2D eigenvalue weighted by atomic mass is 16.5. The van der Waals surface area contributed by atoms with Crippen LogP contribution in [-0.4, -0.2) is 40.9 Å². The Morgan fingerprint density at radius 2 is 0.959 bits per heavy atom. The van der Waals surface area contributed by atoms with Gasteiger partial charge < -0.3 is 45.6 Å². The number of hydrogen-bond acceptors (Lipinski definition) is 9. The molecule has 6 aromatic rings. The molecule has 0 saturated carbocycles. The fourth-order valence-corrected chi connectivity index (χ4v) is 6.44. The monoisotopic (exact) mass is 660 g/mol. The molecule has 0 aromatic heterocycles. The number of ether oxygens (including phenoxy) is 1. The number of phenols is 8. The molecule has 0 bridgehead atoms. The minimum absolute atomic E-state index is 0.0346. The van der Waals surface area contributed by atoms with Crippen molar-refractivity contribution in [1.29, 1.82) is 0 Å². The molecule has 0 radical (unpaired) electrons. The maximum Gasteiger partial charge on any atom is 0.135 e. The summed E-state index contributed by atoms with van der Waals surface area (Å²) < 4.78 is 6.50. The Bertz CT molecular complexity index is 2120. The number of benzene rings is 6. The number of fused-ring (bicyclic) bond motifs is 1. The summed E-state index contributed by atoms with van der Waals surface area (Å²) in [5.41, 5.74) is 2.18. The van der Waals surface area contributed by atoms with Crippen molar-refractivity contribution < 1.29 is 45.6 Å². The molecule has 0 aliphatic heterocycles. The van der Waals surface area contributed by atoms with Gasteiger partial charge in [0.05, 0.1) is 0 Å². The summed E-state index contributed by atoms with van der Waals surface area (Å²) in [5, 5.41) is 85.6. The van der Waals surface area contributed by atoms with Crippen molar-refractivity contribution in [3.63, 3.8) is 0 Å². The first kappa shape index (κ1) is 32.7. The Balaban J connectivity index is 1.48. The van der Waals surface area contributed by atoms with Crippen molar-refractivity contribution >= 4 is 10.8 Å². The summed E-state index contributed by atoms with van der Waals surface area (Å²) in [6, 6.07) is 25.9. The predicted octanol–water partition coefficient (Wildman–Crippen LogP) is 8.64. The molecule has 0 heterocycles. The van der Waals surface area contributed by atoms with Crippen LogP contribution < -0.4 is 4.74 Å². The predicted molar refractivity (Wildman–Crippen MR) is 185 cm³/mol. The number of hydrogen-bond donors (Lipinski definition) is 8. The second-order valence-electron chi connectivity index (χ2n) is 12.5. The van der Waals surface area contributed by atoms with Crippen LogP contribution in [0.1, 0.15) is 59.9 Å². The fraction of sp³-hybridized carbons (Fsp3) is 0.150. The first-order valence-corrected chi connectivity index (χ1v) is 15.7. The highest BCUT2D eigenvalue weighted by Gasteiger charge is 2.28. The van der Waals surface area contributed by atoms with Gasteiger partial charge in [0.2, 0.25) is 0 Å². The van der Waals surface area contributed by atoms with E-state index in [1.165, 1.54) is 54.6 Å². The third-order valence-electron chi connectivity index (χ3n) is 8.67. The molecule has 0 amide bonds. The fourth-order valence-electron chi connectivity index (χ4n) is 6.44. The van der Waals surface area contributed by atoms with E-state index in [0.29, 0.717) is 56.5 Å². The molecule has 1 atom stereocenters. The molecular formula is C40H36O9. The molecular weight excluding hydrogens is 624 g/mol. The zero-order valence-corrected chi connectivity index (χ0v) is 26.7. The van der Waals surface area contributed by atoms with Crippen molar-refractivity contribution in [2.75, 3.05) is 0 Å². The zero-order valence-electron chi connectivity index (χ0n) is 26.7. The zero-order chi connectivity index (χ0) is 35.0. The van der Waals surface area contributed by atoms with E-state index in [2.05, 4.69) is 13.8 Å². The SMILES string of the molecule is CC(C)CC(c1ccc(O)cc1O)c1ccc(O)cc1Oc1cccc2c(O)c(C(c3ccc(O)cc3O)c3ccc(O)cc3O)ccc12. The van der Waals surface area contributed by atoms with Gasteiger partial charge in [-0.25, -0.2) is 0 Å². The minimum atomic E-state index is -0.914. The van der Waals surface area contributed by atoms with Gasteiger partial charge >= 0.3 is 0 Å². The molecule has 6 rings (SSSR count). The molecule has 0 spiro atoms. The van der Waals surface area contributed by atoms with Crippen molar-refractivity contribution in [3.05, 3.63) is 131 Å². The van der Waals surface area contributed by atoms with Gasteiger partial charge in [-0.05, 0) is 42.7 Å². The van der Waals surface area contributed by atoms with Gasteiger partial charge in [-0.15, -0.1) is 0 Å². The second kappa shape index (κ2) is 13.1. The lowest BCUT2D eigenvalue weighted by Gasteiger charge is -2.25. The molecule has 9 heteroatoms. The lowest BCUT2D eigenvalue weighted by Crippen LogP contribution is -2.07. The van der Waals surface area contributed by atoms with E-state index in [-0.39, 0.29) is 57.8 Å². The Kier molecular flexibility index (Phi) is 8.76. The van der Waals surface area contributed by atoms with E-state index in [9.17, 15) is 40.9 Å². The first-order valence-electron chi connectivity index (χ1n) is 15.7. The van der Waals surface area contributed by atoms with Gasteiger partial charge in [-0.3, -0.25) is 0 Å². The molecule has 9 nitrogen and oxygen atoms in total. The minimum Gasteiger partial charge on any atom is -0.508 e. The highest BCUT2D eigenvalue weighted by molar-refractivity contribution is 5.94. The molecule has 0 saturated heterocycles. The van der Waals surface area contributed by atoms with Gasteiger partial charge in [0.25, 0.3) is 0 Å². The summed E-state index contributed by atoms with van der Waals surface area (Å²) in [4.78, 5) is 0. The first-order chi connectivity index (χ1) is 23.4. The summed E-state index contributed by atoms with van der Waals surface area (Å²) in [5.74, 6) is -1.55. The Morgan fingerprint density at radius 3 is 1.49 bits per heavy atom. The maximum absolute atomic E-state index is 11.8. The normalized spacial score (nSPS) is 12.1. The average Bonchev–Trinajstić information content (AvgIpc) is 3.03. The van der Waals surface area contributed by atoms with Crippen molar-refractivity contribution in [1.82, 2.24) is 0 Å². The van der Waals surface area contributed by atoms with Gasteiger partial charge in [0.15, 0.2) is 0 Å². The van der Waals surface area contributed by atoms with E-state index in [0.717, 1.165) is 0 Å². The van der Waals surface area contributed by atoms with E-state index in [1.54, 1.807) is 48.5 Å². The van der Waals surface area contributed by atoms with E-state index in [4.69, 9.17) is 4.74 Å². The lowest BCUT2D eigenvalue weighted by molar-refractivity contribution is 0.430. The topological polar surface area (TPSA) is 171 Å². The quantitative estimate of drug-likeness (QED) is 0.0707. The van der Waals surface area contributed by atoms with E-state index < -0.39 is 5.92 Å². The molecule has 0 aliphatic carbocycles. The molecule has 6 aromatic carbocycles. The van der Waals surface area contributed by atoms with Crippen LogP contribution in [0.25, 0.3) is 10.8 Å². The van der Waals surface area contributed by atoms with E-state index >= 15 is 0 Å². The summed E-state index contributed by atoms with van der Waals surface area (Å²) in [7, 11) is 0. The van der Waals surface area contributed by atoms with Crippen LogP contribution in [0.2, 0.25) is 0 Å². The number of phenolic OH excluding ortho intramolecular Hbond substituents is 8. The van der Waals surface area contributed by atoms with Crippen LogP contribution in [0.3, 0.4) is 0 Å². The number of rotatable bonds is 9. The third kappa shape index (κ3) is 6.51. The summed E-state index contributed by atoms with van der Waals surface area (Å²) >= 11 is 0. The number of aromatic hydroxyl groups is 8. The van der Waals surface area contributed by atoms with Gasteiger partial charge in [-0.2, -0.15) is 0 Å². The Morgan fingerprint density at radius 1 is 0.469 bits per heavy atom. The van der Waals surface area contributed by atoms with Crippen molar-refractivity contribution in [2.24, 2.45) is 5.92 Å². The Labute approximate surface area is 282 Å². The molecule has 8 N–H and O–H groups in total. The maximum atomic E-state index is 11.8. The Hall–Kier alpha value is -6.22. The van der Waals surface area contributed by atoms with E-state index in [1.807, 2.05) is 0 Å². The van der Waals surface area contributed by atoms with Crippen molar-refractivity contribution in [2.45, 2.75) is 32.1 Å². The molecule has 0 aliphatic rings. The van der Waals surface area contributed by atoms with Gasteiger partial charge in [-0.1, -0.05) is 62.4 Å². The van der Waals surface area contributed by atoms with Crippen LogP contribution >= 0.6 is 0 Å².